The molecular weight excluding hydrogens is 168 g/mol. The Kier molecular flexibility index (Phi) is 3.36. The molecule has 78 valence electrons. The summed E-state index contributed by atoms with van der Waals surface area (Å²) in [5.41, 5.74) is 5.91. The van der Waals surface area contributed by atoms with Crippen LogP contribution in [0.5, 0.6) is 0 Å². The van der Waals surface area contributed by atoms with Crippen LogP contribution in [0.2, 0.25) is 0 Å². The standard InChI is InChI=1S/C14H22/c1-9(2)13-8-11(5)7-12(6)14(13)10(3)4/h7-10H,1-6H3. The minimum Gasteiger partial charge on any atom is -0.0587 e. The molecule has 0 aliphatic heterocycles. The van der Waals surface area contributed by atoms with Crippen molar-refractivity contribution >= 4 is 0 Å². The molecule has 0 aliphatic rings. The van der Waals surface area contributed by atoms with Gasteiger partial charge in [-0.1, -0.05) is 45.4 Å². The summed E-state index contributed by atoms with van der Waals surface area (Å²) in [7, 11) is 0. The first-order valence-corrected chi connectivity index (χ1v) is 5.54. The fourth-order valence-corrected chi connectivity index (χ4v) is 2.28. The van der Waals surface area contributed by atoms with Crippen molar-refractivity contribution in [2.45, 2.75) is 53.4 Å². The van der Waals surface area contributed by atoms with Gasteiger partial charge in [0, 0.05) is 0 Å². The van der Waals surface area contributed by atoms with E-state index in [-0.39, 0.29) is 0 Å². The summed E-state index contributed by atoms with van der Waals surface area (Å²) in [4.78, 5) is 0. The largest absolute Gasteiger partial charge is 0.0587 e. The molecule has 14 heavy (non-hydrogen) atoms. The molecule has 0 aromatic heterocycles. The lowest BCUT2D eigenvalue weighted by atomic mass is 9.86. The highest BCUT2D eigenvalue weighted by Gasteiger charge is 2.12. The molecule has 0 heterocycles. The smallest absolute Gasteiger partial charge is 0.0213 e. The Morgan fingerprint density at radius 1 is 0.857 bits per heavy atom. The third-order valence-electron chi connectivity index (χ3n) is 2.76. The first-order chi connectivity index (χ1) is 6.43. The van der Waals surface area contributed by atoms with Crippen LogP contribution in [0.15, 0.2) is 12.1 Å². The van der Waals surface area contributed by atoms with Crippen molar-refractivity contribution in [3.8, 4) is 0 Å². The summed E-state index contributed by atoms with van der Waals surface area (Å²) >= 11 is 0. The molecule has 0 bridgehead atoms. The molecule has 0 nitrogen and oxygen atoms in total. The zero-order chi connectivity index (χ0) is 10.9. The fraction of sp³-hybridized carbons (Fsp3) is 0.571. The highest BCUT2D eigenvalue weighted by Crippen LogP contribution is 2.29. The molecule has 0 heteroatoms. The third kappa shape index (κ3) is 2.17. The van der Waals surface area contributed by atoms with E-state index in [1.807, 2.05) is 0 Å². The molecule has 1 aromatic carbocycles. The monoisotopic (exact) mass is 190 g/mol. The Morgan fingerprint density at radius 2 is 1.43 bits per heavy atom. The molecule has 1 rings (SSSR count). The van der Waals surface area contributed by atoms with Crippen LogP contribution in [0.1, 0.15) is 61.8 Å². The minimum atomic E-state index is 0.631. The number of benzene rings is 1. The lowest BCUT2D eigenvalue weighted by Gasteiger charge is -2.19. The van der Waals surface area contributed by atoms with Gasteiger partial charge >= 0.3 is 0 Å². The van der Waals surface area contributed by atoms with Crippen LogP contribution in [0, 0.1) is 13.8 Å². The van der Waals surface area contributed by atoms with Crippen molar-refractivity contribution in [1.82, 2.24) is 0 Å². The first kappa shape index (κ1) is 11.3. The average molecular weight is 190 g/mol. The van der Waals surface area contributed by atoms with E-state index in [1.165, 1.54) is 16.7 Å². The maximum Gasteiger partial charge on any atom is -0.0213 e. The fourth-order valence-electron chi connectivity index (χ4n) is 2.28. The predicted molar refractivity (Wildman–Crippen MR) is 64.1 cm³/mol. The summed E-state index contributed by atoms with van der Waals surface area (Å²) < 4.78 is 0. The molecule has 0 saturated heterocycles. The van der Waals surface area contributed by atoms with Crippen molar-refractivity contribution in [3.63, 3.8) is 0 Å². The molecule has 0 N–H and O–H groups in total. The van der Waals surface area contributed by atoms with Gasteiger partial charge in [0.15, 0.2) is 0 Å². The van der Waals surface area contributed by atoms with Crippen molar-refractivity contribution < 1.29 is 0 Å². The van der Waals surface area contributed by atoms with E-state index in [4.69, 9.17) is 0 Å². The van der Waals surface area contributed by atoms with Crippen molar-refractivity contribution in [1.29, 1.82) is 0 Å². The molecule has 1 aromatic rings. The van der Waals surface area contributed by atoms with Gasteiger partial charge in [-0.2, -0.15) is 0 Å². The van der Waals surface area contributed by atoms with Crippen LogP contribution in [0.4, 0.5) is 0 Å². The number of hydrogen-bond donors (Lipinski definition) is 0. The summed E-state index contributed by atoms with van der Waals surface area (Å²) in [5, 5.41) is 0. The highest BCUT2D eigenvalue weighted by atomic mass is 14.2. The topological polar surface area (TPSA) is 0 Å². The van der Waals surface area contributed by atoms with Crippen molar-refractivity contribution in [2.75, 3.05) is 0 Å². The zero-order valence-corrected chi connectivity index (χ0v) is 10.3. The van der Waals surface area contributed by atoms with Gasteiger partial charge in [0.1, 0.15) is 0 Å². The summed E-state index contributed by atoms with van der Waals surface area (Å²) in [5.74, 6) is 1.26. The van der Waals surface area contributed by atoms with Gasteiger partial charge in [0.05, 0.1) is 0 Å². The summed E-state index contributed by atoms with van der Waals surface area (Å²) in [6.45, 7) is 13.5. The van der Waals surface area contributed by atoms with Crippen molar-refractivity contribution in [3.05, 3.63) is 34.4 Å². The Bertz CT molecular complexity index is 319. The third-order valence-corrected chi connectivity index (χ3v) is 2.76. The number of aryl methyl sites for hydroxylation is 2. The SMILES string of the molecule is Cc1cc(C)c(C(C)C)c(C(C)C)c1. The van der Waals surface area contributed by atoms with Crippen LogP contribution in [-0.2, 0) is 0 Å². The Labute approximate surface area is 88.4 Å². The molecule has 0 fully saturated rings. The Hall–Kier alpha value is -0.780. The van der Waals surface area contributed by atoms with E-state index in [9.17, 15) is 0 Å². The molecule has 0 atom stereocenters. The van der Waals surface area contributed by atoms with E-state index in [0.717, 1.165) is 0 Å². The quantitative estimate of drug-likeness (QED) is 0.641. The van der Waals surface area contributed by atoms with Gasteiger partial charge in [-0.15, -0.1) is 0 Å². The molecule has 0 saturated carbocycles. The highest BCUT2D eigenvalue weighted by molar-refractivity contribution is 5.41. The van der Waals surface area contributed by atoms with E-state index in [2.05, 4.69) is 53.7 Å². The molecule has 0 aliphatic carbocycles. The second-order valence-corrected chi connectivity index (χ2v) is 4.89. The average Bonchev–Trinajstić information content (AvgIpc) is 2.01. The second-order valence-electron chi connectivity index (χ2n) is 4.89. The van der Waals surface area contributed by atoms with Gasteiger partial charge in [0.2, 0.25) is 0 Å². The van der Waals surface area contributed by atoms with E-state index in [0.29, 0.717) is 11.8 Å². The molecule has 0 amide bonds. The van der Waals surface area contributed by atoms with Crippen LogP contribution >= 0.6 is 0 Å². The number of hydrogen-bond acceptors (Lipinski definition) is 0. The van der Waals surface area contributed by atoms with Gasteiger partial charge in [0.25, 0.3) is 0 Å². The van der Waals surface area contributed by atoms with E-state index < -0.39 is 0 Å². The van der Waals surface area contributed by atoms with Gasteiger partial charge in [-0.05, 0) is 42.4 Å². The van der Waals surface area contributed by atoms with Crippen LogP contribution in [0.25, 0.3) is 0 Å². The Balaban J connectivity index is 3.37. The van der Waals surface area contributed by atoms with Gasteiger partial charge < -0.3 is 0 Å². The van der Waals surface area contributed by atoms with Gasteiger partial charge in [-0.3, -0.25) is 0 Å². The lowest BCUT2D eigenvalue weighted by molar-refractivity contribution is 0.781. The van der Waals surface area contributed by atoms with Gasteiger partial charge in [-0.25, -0.2) is 0 Å². The maximum absolute atomic E-state index is 2.34. The molecular formula is C14H22. The summed E-state index contributed by atoms with van der Waals surface area (Å²) in [6, 6.07) is 4.63. The Morgan fingerprint density at radius 3 is 1.86 bits per heavy atom. The predicted octanol–water partition coefficient (Wildman–Crippen LogP) is 4.55. The second kappa shape index (κ2) is 4.16. The maximum atomic E-state index is 2.34. The first-order valence-electron chi connectivity index (χ1n) is 5.54. The minimum absolute atomic E-state index is 0.631. The van der Waals surface area contributed by atoms with Crippen LogP contribution in [-0.4, -0.2) is 0 Å². The van der Waals surface area contributed by atoms with Crippen molar-refractivity contribution in [2.24, 2.45) is 0 Å². The summed E-state index contributed by atoms with van der Waals surface area (Å²) in [6.07, 6.45) is 0. The van der Waals surface area contributed by atoms with E-state index >= 15 is 0 Å². The molecule has 0 spiro atoms. The lowest BCUT2D eigenvalue weighted by Crippen LogP contribution is -2.02. The van der Waals surface area contributed by atoms with Crippen LogP contribution in [0.3, 0.4) is 0 Å². The normalized spacial score (nSPS) is 11.4. The van der Waals surface area contributed by atoms with E-state index in [1.54, 1.807) is 5.56 Å². The zero-order valence-electron chi connectivity index (χ0n) is 10.3. The number of rotatable bonds is 2. The molecule has 0 radical (unpaired) electrons. The van der Waals surface area contributed by atoms with Crippen LogP contribution < -0.4 is 0 Å². The molecule has 0 unspecified atom stereocenters.